The van der Waals surface area contributed by atoms with Gasteiger partial charge in [0.25, 0.3) is 0 Å². The molecule has 16 heavy (non-hydrogen) atoms. The second kappa shape index (κ2) is 5.61. The minimum atomic E-state index is -0.0275. The summed E-state index contributed by atoms with van der Waals surface area (Å²) in [4.78, 5) is 25.1. The van der Waals surface area contributed by atoms with Gasteiger partial charge in [-0.25, -0.2) is 0 Å². The van der Waals surface area contributed by atoms with Crippen molar-refractivity contribution < 1.29 is 9.59 Å². The Labute approximate surface area is 96.0 Å². The Balaban J connectivity index is 2.78. The van der Waals surface area contributed by atoms with Gasteiger partial charge in [-0.2, -0.15) is 0 Å². The average Bonchev–Trinajstić information content (AvgIpc) is 2.30. The van der Waals surface area contributed by atoms with Gasteiger partial charge in [0.15, 0.2) is 5.78 Å². The molecule has 1 N–H and O–H groups in total. The van der Waals surface area contributed by atoms with Crippen LogP contribution in [0.1, 0.15) is 13.8 Å². The first-order chi connectivity index (χ1) is 7.62. The lowest BCUT2D eigenvalue weighted by molar-refractivity contribution is -0.122. The molecule has 1 heterocycles. The fourth-order valence-corrected chi connectivity index (χ4v) is 1.73. The molecular formula is C12H18N2O2. The summed E-state index contributed by atoms with van der Waals surface area (Å²) in [5.74, 6) is 0.0819. The summed E-state index contributed by atoms with van der Waals surface area (Å²) in [5, 5.41) is 2.58. The zero-order valence-corrected chi connectivity index (χ0v) is 10.0. The highest BCUT2D eigenvalue weighted by Gasteiger charge is 2.25. The smallest absolute Gasteiger partial charge is 0.233 e. The molecule has 0 aliphatic carbocycles. The van der Waals surface area contributed by atoms with Gasteiger partial charge in [0.05, 0.1) is 6.54 Å². The van der Waals surface area contributed by atoms with Crippen LogP contribution >= 0.6 is 0 Å². The van der Waals surface area contributed by atoms with E-state index in [1.54, 1.807) is 7.05 Å². The van der Waals surface area contributed by atoms with Crippen LogP contribution in [-0.2, 0) is 9.59 Å². The summed E-state index contributed by atoms with van der Waals surface area (Å²) < 4.78 is 0. The molecular weight excluding hydrogens is 204 g/mol. The lowest BCUT2D eigenvalue weighted by Gasteiger charge is -2.28. The molecule has 88 valence electrons. The molecule has 4 nitrogen and oxygen atoms in total. The molecule has 1 fully saturated rings. The van der Waals surface area contributed by atoms with Crippen molar-refractivity contribution in [2.24, 2.45) is 0 Å². The molecule has 0 bridgehead atoms. The zero-order valence-electron chi connectivity index (χ0n) is 10.0. The highest BCUT2D eigenvalue weighted by Crippen LogP contribution is 2.16. The van der Waals surface area contributed by atoms with Crippen LogP contribution in [0.4, 0.5) is 0 Å². The molecule has 1 saturated heterocycles. The lowest BCUT2D eigenvalue weighted by Crippen LogP contribution is -2.43. The van der Waals surface area contributed by atoms with E-state index in [2.05, 4.69) is 5.32 Å². The number of likely N-dealkylation sites (N-methyl/N-ethyl adjacent to an activating group) is 1. The Kier molecular flexibility index (Phi) is 4.43. The number of hydrogen-bond donors (Lipinski definition) is 1. The maximum Gasteiger partial charge on any atom is 0.233 e. The number of hydrogen-bond acceptors (Lipinski definition) is 3. The molecule has 1 amide bonds. The maximum absolute atomic E-state index is 11.8. The highest BCUT2D eigenvalue weighted by molar-refractivity contribution is 6.09. The summed E-state index contributed by atoms with van der Waals surface area (Å²) >= 11 is 0. The molecule has 0 unspecified atom stereocenters. The van der Waals surface area contributed by atoms with Crippen molar-refractivity contribution in [3.8, 4) is 0 Å². The van der Waals surface area contributed by atoms with Crippen molar-refractivity contribution in [2.75, 3.05) is 26.7 Å². The fraction of sp³-hybridized carbons (Fsp3) is 0.500. The Bertz CT molecular complexity index is 332. The number of Topliss-reactive ketones (excluding diaryl/α,β-unsaturated/α-hetero) is 1. The molecule has 0 spiro atoms. The predicted molar refractivity (Wildman–Crippen MR) is 63.0 cm³/mol. The number of carbonyl (C=O) groups is 2. The number of nitrogens with one attached hydrogen (secondary N) is 1. The van der Waals surface area contributed by atoms with E-state index < -0.39 is 0 Å². The van der Waals surface area contributed by atoms with Crippen LogP contribution in [0, 0.1) is 0 Å². The molecule has 0 aromatic rings. The van der Waals surface area contributed by atoms with E-state index in [4.69, 9.17) is 0 Å². The summed E-state index contributed by atoms with van der Waals surface area (Å²) in [6, 6.07) is 0. The number of allylic oxidation sites excluding steroid dienone is 2. The van der Waals surface area contributed by atoms with Crippen LogP contribution in [0.5, 0.6) is 0 Å². The van der Waals surface area contributed by atoms with E-state index in [-0.39, 0.29) is 11.7 Å². The Morgan fingerprint density at radius 1 is 1.31 bits per heavy atom. The molecule has 0 aromatic heterocycles. The zero-order chi connectivity index (χ0) is 12.1. The van der Waals surface area contributed by atoms with E-state index >= 15 is 0 Å². The highest BCUT2D eigenvalue weighted by atomic mass is 16.2. The number of piperidine rings is 1. The third-order valence-corrected chi connectivity index (χ3v) is 2.71. The monoisotopic (exact) mass is 222 g/mol. The number of rotatable bonds is 2. The number of nitrogens with zero attached hydrogens (tertiary/aromatic N) is 1. The van der Waals surface area contributed by atoms with E-state index in [9.17, 15) is 9.59 Å². The van der Waals surface area contributed by atoms with Gasteiger partial charge in [0, 0.05) is 31.3 Å². The van der Waals surface area contributed by atoms with E-state index in [1.165, 1.54) is 0 Å². The van der Waals surface area contributed by atoms with Crippen LogP contribution < -0.4 is 5.32 Å². The standard InChI is InChI=1S/C12H18N2O2/c1-4-9-6-14(8-11(15)13-3)7-10(5-2)12(9)16/h4-5H,6-8H2,1-3H3,(H,13,15)/b9-4+,10-5+. The lowest BCUT2D eigenvalue weighted by atomic mass is 9.97. The SMILES string of the molecule is C/C=C1\CN(CC(=O)NC)C/C(=C\C)C1=O. The van der Waals surface area contributed by atoms with Gasteiger partial charge >= 0.3 is 0 Å². The van der Waals surface area contributed by atoms with Gasteiger partial charge in [0.1, 0.15) is 0 Å². The molecule has 0 atom stereocenters. The number of amides is 1. The topological polar surface area (TPSA) is 49.4 Å². The summed E-state index contributed by atoms with van der Waals surface area (Å²) in [6.07, 6.45) is 3.64. The Morgan fingerprint density at radius 3 is 2.19 bits per heavy atom. The van der Waals surface area contributed by atoms with E-state index in [0.717, 1.165) is 11.1 Å². The molecule has 0 saturated carbocycles. The normalized spacial score (nSPS) is 22.8. The first kappa shape index (κ1) is 12.6. The third kappa shape index (κ3) is 2.79. The van der Waals surface area contributed by atoms with Gasteiger partial charge < -0.3 is 5.32 Å². The van der Waals surface area contributed by atoms with Gasteiger partial charge in [-0.05, 0) is 13.8 Å². The second-order valence-corrected chi connectivity index (χ2v) is 3.78. The second-order valence-electron chi connectivity index (χ2n) is 3.78. The largest absolute Gasteiger partial charge is 0.358 e. The minimum absolute atomic E-state index is 0.0275. The van der Waals surface area contributed by atoms with Gasteiger partial charge in [-0.15, -0.1) is 0 Å². The summed E-state index contributed by atoms with van der Waals surface area (Å²) in [5.41, 5.74) is 1.53. The fourth-order valence-electron chi connectivity index (χ4n) is 1.73. The van der Waals surface area contributed by atoms with Crippen LogP contribution in [-0.4, -0.2) is 43.3 Å². The molecule has 0 aromatic carbocycles. The van der Waals surface area contributed by atoms with Crippen molar-refractivity contribution in [1.29, 1.82) is 0 Å². The quantitative estimate of drug-likeness (QED) is 0.693. The predicted octanol–water partition coefficient (Wildman–Crippen LogP) is 0.510. The average molecular weight is 222 g/mol. The van der Waals surface area contributed by atoms with Crippen molar-refractivity contribution in [3.05, 3.63) is 23.3 Å². The Hall–Kier alpha value is -1.42. The van der Waals surface area contributed by atoms with Crippen molar-refractivity contribution >= 4 is 11.7 Å². The van der Waals surface area contributed by atoms with Crippen molar-refractivity contribution in [3.63, 3.8) is 0 Å². The maximum atomic E-state index is 11.8. The molecule has 0 radical (unpaired) electrons. The summed E-state index contributed by atoms with van der Waals surface area (Å²) in [6.45, 7) is 5.15. The third-order valence-electron chi connectivity index (χ3n) is 2.71. The van der Waals surface area contributed by atoms with Gasteiger partial charge in [-0.1, -0.05) is 12.2 Å². The van der Waals surface area contributed by atoms with Crippen molar-refractivity contribution in [2.45, 2.75) is 13.8 Å². The molecule has 1 rings (SSSR count). The minimum Gasteiger partial charge on any atom is -0.358 e. The van der Waals surface area contributed by atoms with Crippen LogP contribution in [0.25, 0.3) is 0 Å². The first-order valence-electron chi connectivity index (χ1n) is 5.40. The molecule has 4 heteroatoms. The van der Waals surface area contributed by atoms with Crippen molar-refractivity contribution in [1.82, 2.24) is 10.2 Å². The van der Waals surface area contributed by atoms with Gasteiger partial charge in [0.2, 0.25) is 5.91 Å². The molecule has 1 aliphatic rings. The first-order valence-corrected chi connectivity index (χ1v) is 5.40. The number of likely N-dealkylation sites (tertiary alicyclic amines) is 1. The van der Waals surface area contributed by atoms with Crippen LogP contribution in [0.2, 0.25) is 0 Å². The van der Waals surface area contributed by atoms with E-state index in [0.29, 0.717) is 19.6 Å². The number of ketones is 1. The van der Waals surface area contributed by atoms with Crippen LogP contribution in [0.15, 0.2) is 23.3 Å². The molecule has 1 aliphatic heterocycles. The van der Waals surface area contributed by atoms with E-state index in [1.807, 2.05) is 30.9 Å². The van der Waals surface area contributed by atoms with Gasteiger partial charge in [-0.3, -0.25) is 14.5 Å². The van der Waals surface area contributed by atoms with Crippen LogP contribution in [0.3, 0.4) is 0 Å². The summed E-state index contributed by atoms with van der Waals surface area (Å²) in [7, 11) is 1.62. The number of carbonyl (C=O) groups excluding carboxylic acids is 2. The Morgan fingerprint density at radius 2 is 1.81 bits per heavy atom.